The molecule has 3 aliphatic rings. The first kappa shape index (κ1) is 23.1. The normalized spacial score (nSPS) is 26.5. The summed E-state index contributed by atoms with van der Waals surface area (Å²) in [4.78, 5) is 43.9. The van der Waals surface area contributed by atoms with E-state index >= 15 is 0 Å². The van der Waals surface area contributed by atoms with Crippen LogP contribution < -0.4 is 19.7 Å². The van der Waals surface area contributed by atoms with Gasteiger partial charge in [-0.15, -0.1) is 0 Å². The molecular formula is C24H23ClN5O5+. The van der Waals surface area contributed by atoms with E-state index in [1.165, 1.54) is 20.3 Å². The fourth-order valence-electron chi connectivity index (χ4n) is 5.37. The lowest BCUT2D eigenvalue weighted by Gasteiger charge is -2.32. The van der Waals surface area contributed by atoms with Crippen molar-refractivity contribution in [3.63, 3.8) is 0 Å². The molecule has 5 rings (SSSR count). The fraction of sp³-hybridized carbons (Fsp3) is 0.333. The summed E-state index contributed by atoms with van der Waals surface area (Å²) in [5.74, 6) is 0.272. The van der Waals surface area contributed by atoms with E-state index in [-0.39, 0.29) is 33.6 Å². The van der Waals surface area contributed by atoms with Crippen LogP contribution in [0.2, 0.25) is 5.02 Å². The Morgan fingerprint density at radius 3 is 2.49 bits per heavy atom. The topological polar surface area (TPSA) is 112 Å². The lowest BCUT2D eigenvalue weighted by Crippen LogP contribution is -2.63. The van der Waals surface area contributed by atoms with Crippen LogP contribution in [0.5, 0.6) is 11.5 Å². The highest BCUT2D eigenvalue weighted by Crippen LogP contribution is 2.45. The maximum absolute atomic E-state index is 13.9. The summed E-state index contributed by atoms with van der Waals surface area (Å²) in [6, 6.07) is 8.12. The van der Waals surface area contributed by atoms with Crippen molar-refractivity contribution in [3.8, 4) is 17.6 Å². The Morgan fingerprint density at radius 2 is 1.86 bits per heavy atom. The summed E-state index contributed by atoms with van der Waals surface area (Å²) in [5.41, 5.74) is 1.52. The second-order valence-corrected chi connectivity index (χ2v) is 9.25. The largest absolute Gasteiger partial charge is 0.497 e. The molecule has 4 amide bonds. The highest BCUT2D eigenvalue weighted by Gasteiger charge is 2.73. The molecule has 3 fully saturated rings. The molecule has 0 aliphatic carbocycles. The van der Waals surface area contributed by atoms with E-state index < -0.39 is 18.1 Å². The SMILES string of the molecule is COc1cc(NC(=O)C2CN3CC4C(=O)N(c5ccc(C#N)c(Cl)c5C)C(=O)[N+]24C3)cc(OC)c1. The number of amides is 4. The van der Waals surface area contributed by atoms with E-state index in [0.717, 1.165) is 4.90 Å². The van der Waals surface area contributed by atoms with Crippen LogP contribution >= 0.6 is 11.6 Å². The van der Waals surface area contributed by atoms with Gasteiger partial charge in [-0.1, -0.05) is 11.6 Å². The highest BCUT2D eigenvalue weighted by molar-refractivity contribution is 6.33. The van der Waals surface area contributed by atoms with E-state index in [4.69, 9.17) is 21.1 Å². The average Bonchev–Trinajstić information content (AvgIpc) is 3.49. The van der Waals surface area contributed by atoms with Crippen LogP contribution in [0.3, 0.4) is 0 Å². The zero-order valence-electron chi connectivity index (χ0n) is 19.4. The fourth-order valence-corrected chi connectivity index (χ4v) is 5.57. The molecule has 1 N–H and O–H groups in total. The minimum atomic E-state index is -0.776. The van der Waals surface area contributed by atoms with Crippen LogP contribution in [0.4, 0.5) is 16.2 Å². The van der Waals surface area contributed by atoms with Gasteiger partial charge in [0.25, 0.3) is 11.8 Å². The Labute approximate surface area is 206 Å². The van der Waals surface area contributed by atoms with Gasteiger partial charge in [-0.3, -0.25) is 9.59 Å². The predicted octanol–water partition coefficient (Wildman–Crippen LogP) is 2.48. The molecule has 10 nitrogen and oxygen atoms in total. The Hall–Kier alpha value is -3.65. The smallest absolute Gasteiger partial charge is 0.433 e. The van der Waals surface area contributed by atoms with Gasteiger partial charge in [0.05, 0.1) is 43.6 Å². The lowest BCUT2D eigenvalue weighted by molar-refractivity contribution is -0.852. The molecule has 180 valence electrons. The van der Waals surface area contributed by atoms with Gasteiger partial charge in [0.1, 0.15) is 24.2 Å². The zero-order chi connectivity index (χ0) is 25.1. The molecule has 4 atom stereocenters. The number of hydrogen-bond donors (Lipinski definition) is 1. The number of halogens is 1. The predicted molar refractivity (Wildman–Crippen MR) is 126 cm³/mol. The number of carbonyl (C=O) groups is 3. The molecule has 11 heteroatoms. The minimum absolute atomic E-state index is 0.196. The maximum atomic E-state index is 13.9. The van der Waals surface area contributed by atoms with Gasteiger partial charge >= 0.3 is 6.03 Å². The lowest BCUT2D eigenvalue weighted by atomic mass is 10.1. The number of carbonyl (C=O) groups excluding carboxylic acids is 3. The average molecular weight is 497 g/mol. The van der Waals surface area contributed by atoms with Crippen LogP contribution in [-0.2, 0) is 9.59 Å². The number of imide groups is 1. The summed E-state index contributed by atoms with van der Waals surface area (Å²) in [5, 5.41) is 12.3. The van der Waals surface area contributed by atoms with E-state index in [0.29, 0.717) is 41.5 Å². The van der Waals surface area contributed by atoms with E-state index in [1.54, 1.807) is 31.2 Å². The molecule has 4 unspecified atom stereocenters. The Kier molecular flexibility index (Phi) is 5.44. The van der Waals surface area contributed by atoms with Crippen molar-refractivity contribution in [1.82, 2.24) is 4.90 Å². The first-order valence-electron chi connectivity index (χ1n) is 11.0. The first-order chi connectivity index (χ1) is 16.7. The van der Waals surface area contributed by atoms with Crippen LogP contribution in [-0.4, -0.2) is 73.3 Å². The molecule has 2 aromatic rings. The number of anilines is 2. The quantitative estimate of drug-likeness (QED) is 0.500. The summed E-state index contributed by atoms with van der Waals surface area (Å²) in [7, 11) is 3.03. The number of fused-ring (bicyclic) bond motifs is 1. The number of piperazine rings is 1. The van der Waals surface area contributed by atoms with Crippen molar-refractivity contribution in [2.45, 2.75) is 19.0 Å². The van der Waals surface area contributed by atoms with Gasteiger partial charge in [-0.2, -0.15) is 10.2 Å². The number of benzene rings is 2. The molecule has 3 saturated heterocycles. The van der Waals surface area contributed by atoms with Crippen molar-refractivity contribution < 1.29 is 28.3 Å². The molecule has 0 aromatic heterocycles. The third-order valence-corrected chi connectivity index (χ3v) is 7.59. The number of urea groups is 1. The summed E-state index contributed by atoms with van der Waals surface area (Å²) < 4.78 is 10.3. The third kappa shape index (κ3) is 3.27. The number of nitrogens with zero attached hydrogens (tertiary/aromatic N) is 4. The van der Waals surface area contributed by atoms with Gasteiger partial charge in [0.15, 0.2) is 12.1 Å². The molecule has 3 aliphatic heterocycles. The molecule has 2 bridgehead atoms. The molecule has 35 heavy (non-hydrogen) atoms. The molecule has 1 spiro atoms. The highest BCUT2D eigenvalue weighted by atomic mass is 35.5. The zero-order valence-corrected chi connectivity index (χ0v) is 20.1. The Morgan fingerprint density at radius 1 is 1.17 bits per heavy atom. The number of hydrogen-bond acceptors (Lipinski definition) is 7. The van der Waals surface area contributed by atoms with Crippen LogP contribution in [0.1, 0.15) is 11.1 Å². The van der Waals surface area contributed by atoms with Gasteiger partial charge in [-0.25, -0.2) is 14.2 Å². The molecule has 0 saturated carbocycles. The van der Waals surface area contributed by atoms with Crippen LogP contribution in [0.25, 0.3) is 0 Å². The summed E-state index contributed by atoms with van der Waals surface area (Å²) in [6.45, 7) is 2.68. The van der Waals surface area contributed by atoms with E-state index in [1.807, 2.05) is 11.0 Å². The number of rotatable bonds is 5. The second-order valence-electron chi connectivity index (χ2n) is 8.87. The third-order valence-electron chi connectivity index (χ3n) is 7.10. The van der Waals surface area contributed by atoms with Crippen molar-refractivity contribution in [1.29, 1.82) is 5.26 Å². The number of quaternary nitrogens is 1. The number of nitrogens with one attached hydrogen (secondary N) is 1. The second kappa shape index (κ2) is 8.23. The van der Waals surface area contributed by atoms with Crippen molar-refractivity contribution >= 4 is 40.8 Å². The summed E-state index contributed by atoms with van der Waals surface area (Å²) in [6.07, 6.45) is 0. The molecular weight excluding hydrogens is 474 g/mol. The number of ether oxygens (including phenoxy) is 2. The van der Waals surface area contributed by atoms with Crippen molar-refractivity contribution in [3.05, 3.63) is 46.5 Å². The van der Waals surface area contributed by atoms with Gasteiger partial charge in [0.2, 0.25) is 0 Å². The minimum Gasteiger partial charge on any atom is -0.497 e. The number of nitriles is 1. The molecule has 0 radical (unpaired) electrons. The van der Waals surface area contributed by atoms with Gasteiger partial charge in [0, 0.05) is 23.9 Å². The maximum Gasteiger partial charge on any atom is 0.433 e. The van der Waals surface area contributed by atoms with Gasteiger partial charge in [-0.05, 0) is 24.6 Å². The van der Waals surface area contributed by atoms with Crippen LogP contribution in [0.15, 0.2) is 30.3 Å². The van der Waals surface area contributed by atoms with Gasteiger partial charge < -0.3 is 14.8 Å². The Bertz CT molecular complexity index is 1300. The van der Waals surface area contributed by atoms with Crippen molar-refractivity contribution in [2.75, 3.05) is 44.2 Å². The monoisotopic (exact) mass is 496 g/mol. The summed E-state index contributed by atoms with van der Waals surface area (Å²) >= 11 is 6.32. The molecule has 3 heterocycles. The van der Waals surface area contributed by atoms with E-state index in [9.17, 15) is 19.6 Å². The number of methoxy groups -OCH3 is 2. The Balaban J connectivity index is 1.49. The van der Waals surface area contributed by atoms with Crippen molar-refractivity contribution in [2.24, 2.45) is 0 Å². The first-order valence-corrected chi connectivity index (χ1v) is 11.3. The van der Waals surface area contributed by atoms with E-state index in [2.05, 4.69) is 5.32 Å². The van der Waals surface area contributed by atoms with Crippen LogP contribution in [0, 0.1) is 18.3 Å². The standard InChI is InChI=1S/C24H22ClN5O5/c1-13-18(5-4-14(9-26)21(13)25)29-23(32)20-11-28-10-19(30(20,12-28)24(29)33)22(31)27-15-6-16(34-2)8-17(7-15)35-3/h4-8,19-20H,10-12H2,1-3H3/p+1. The molecule has 2 aromatic carbocycles.